The highest BCUT2D eigenvalue weighted by atomic mass is 35.5. The fourth-order valence-electron chi connectivity index (χ4n) is 1.98. The Hall–Kier alpha value is -0.380. The molecule has 1 aliphatic heterocycles. The highest BCUT2D eigenvalue weighted by molar-refractivity contribution is 7.98. The number of hydrogen-bond acceptors (Lipinski definition) is 3. The zero-order valence-corrected chi connectivity index (χ0v) is 10.9. The van der Waals surface area contributed by atoms with Crippen LogP contribution >= 0.6 is 23.4 Å². The molecule has 0 aromatic heterocycles. The fraction of sp³-hybridized carbons (Fsp3) is 0.500. The molecule has 0 fully saturated rings. The molecule has 1 aromatic rings. The zero-order chi connectivity index (χ0) is 11.5. The maximum absolute atomic E-state index is 6.13. The highest BCUT2D eigenvalue weighted by Gasteiger charge is 2.25. The Morgan fingerprint density at radius 1 is 1.56 bits per heavy atom. The van der Waals surface area contributed by atoms with E-state index in [1.807, 2.05) is 30.0 Å². The summed E-state index contributed by atoms with van der Waals surface area (Å²) < 4.78 is 5.91. The molecule has 1 unspecified atom stereocenters. The normalized spacial score (nSPS) is 23.7. The summed E-state index contributed by atoms with van der Waals surface area (Å²) in [6, 6.07) is 5.73. The van der Waals surface area contributed by atoms with Gasteiger partial charge < -0.3 is 10.5 Å². The van der Waals surface area contributed by atoms with Crippen molar-refractivity contribution in [1.82, 2.24) is 0 Å². The van der Waals surface area contributed by atoms with Gasteiger partial charge in [-0.05, 0) is 36.6 Å². The van der Waals surface area contributed by atoms with Crippen molar-refractivity contribution in [3.05, 3.63) is 28.8 Å². The van der Waals surface area contributed by atoms with E-state index in [0.717, 1.165) is 34.9 Å². The molecule has 2 N–H and O–H groups in total. The molecule has 88 valence electrons. The van der Waals surface area contributed by atoms with Gasteiger partial charge in [0.05, 0.1) is 0 Å². The Kier molecular flexibility index (Phi) is 4.00. The highest BCUT2D eigenvalue weighted by Crippen LogP contribution is 2.36. The van der Waals surface area contributed by atoms with Gasteiger partial charge >= 0.3 is 0 Å². The van der Waals surface area contributed by atoms with Crippen LogP contribution in [0.25, 0.3) is 0 Å². The molecule has 1 aromatic carbocycles. The van der Waals surface area contributed by atoms with E-state index in [4.69, 9.17) is 22.1 Å². The first-order valence-corrected chi connectivity index (χ1v) is 7.18. The van der Waals surface area contributed by atoms with Crippen LogP contribution < -0.4 is 10.5 Å². The molecule has 1 heterocycles. The van der Waals surface area contributed by atoms with Crippen LogP contribution in [0.1, 0.15) is 24.4 Å². The van der Waals surface area contributed by atoms with Gasteiger partial charge in [0.2, 0.25) is 0 Å². The molecule has 0 radical (unpaired) electrons. The topological polar surface area (TPSA) is 35.2 Å². The lowest BCUT2D eigenvalue weighted by atomic mass is 9.96. The van der Waals surface area contributed by atoms with Crippen LogP contribution in [0.15, 0.2) is 18.2 Å². The number of rotatable bonds is 3. The predicted octanol–water partition coefficient (Wildman–Crippen LogP) is 3.24. The van der Waals surface area contributed by atoms with Crippen LogP contribution in [-0.2, 0) is 0 Å². The summed E-state index contributed by atoms with van der Waals surface area (Å²) in [6.45, 7) is 0. The number of benzene rings is 1. The second-order valence-corrected chi connectivity index (χ2v) is 5.47. The van der Waals surface area contributed by atoms with E-state index >= 15 is 0 Å². The van der Waals surface area contributed by atoms with Gasteiger partial charge in [-0.15, -0.1) is 0 Å². The molecule has 0 amide bonds. The minimum atomic E-state index is 0.0503. The molecule has 16 heavy (non-hydrogen) atoms. The van der Waals surface area contributed by atoms with E-state index in [1.54, 1.807) is 0 Å². The van der Waals surface area contributed by atoms with Crippen LogP contribution in [-0.4, -0.2) is 18.1 Å². The number of ether oxygens (including phenoxy) is 1. The molecule has 1 aliphatic rings. The number of thioether (sulfide) groups is 1. The van der Waals surface area contributed by atoms with Gasteiger partial charge in [0, 0.05) is 23.0 Å². The van der Waals surface area contributed by atoms with E-state index in [0.29, 0.717) is 0 Å². The van der Waals surface area contributed by atoms with Gasteiger partial charge in [0.25, 0.3) is 0 Å². The monoisotopic (exact) mass is 257 g/mol. The van der Waals surface area contributed by atoms with E-state index < -0.39 is 0 Å². The molecule has 0 aliphatic carbocycles. The minimum absolute atomic E-state index is 0.0503. The molecule has 2 atom stereocenters. The van der Waals surface area contributed by atoms with Gasteiger partial charge in [-0.25, -0.2) is 0 Å². The van der Waals surface area contributed by atoms with Gasteiger partial charge in [-0.2, -0.15) is 11.8 Å². The molecule has 4 heteroatoms. The summed E-state index contributed by atoms with van der Waals surface area (Å²) in [7, 11) is 0. The van der Waals surface area contributed by atoms with Crippen LogP contribution in [0.4, 0.5) is 0 Å². The Morgan fingerprint density at radius 3 is 3.12 bits per heavy atom. The summed E-state index contributed by atoms with van der Waals surface area (Å²) >= 11 is 7.79. The average molecular weight is 258 g/mol. The summed E-state index contributed by atoms with van der Waals surface area (Å²) in [5.74, 6) is 2.01. The average Bonchev–Trinajstić information content (AvgIpc) is 2.27. The van der Waals surface area contributed by atoms with Gasteiger partial charge in [0.1, 0.15) is 11.9 Å². The Morgan fingerprint density at radius 2 is 2.38 bits per heavy atom. The van der Waals surface area contributed by atoms with E-state index in [1.165, 1.54) is 0 Å². The van der Waals surface area contributed by atoms with Crippen molar-refractivity contribution in [3.8, 4) is 5.75 Å². The fourth-order valence-corrected chi connectivity index (χ4v) is 2.66. The standard InChI is InChI=1S/C12H16ClNOS/c1-16-5-4-9-7-11(14)10-6-8(13)2-3-12(10)15-9/h2-3,6,9,11H,4-5,7,14H2,1H3/t9?,11-/m1/s1. The lowest BCUT2D eigenvalue weighted by Gasteiger charge is -2.30. The van der Waals surface area contributed by atoms with Gasteiger partial charge in [-0.3, -0.25) is 0 Å². The summed E-state index contributed by atoms with van der Waals surface area (Å²) in [5.41, 5.74) is 7.17. The molecule has 0 saturated heterocycles. The van der Waals surface area contributed by atoms with E-state index in [9.17, 15) is 0 Å². The molecular weight excluding hydrogens is 242 g/mol. The number of fused-ring (bicyclic) bond motifs is 1. The smallest absolute Gasteiger partial charge is 0.124 e. The third-order valence-corrected chi connectivity index (χ3v) is 3.70. The van der Waals surface area contributed by atoms with Crippen molar-refractivity contribution in [2.75, 3.05) is 12.0 Å². The first-order chi connectivity index (χ1) is 7.70. The maximum atomic E-state index is 6.13. The first kappa shape index (κ1) is 12.1. The summed E-state index contributed by atoms with van der Waals surface area (Å²) in [6.07, 6.45) is 4.29. The zero-order valence-electron chi connectivity index (χ0n) is 9.28. The molecule has 0 saturated carbocycles. The van der Waals surface area contributed by atoms with Crippen LogP contribution in [0.5, 0.6) is 5.75 Å². The molecule has 2 rings (SSSR count). The van der Waals surface area contributed by atoms with Crippen molar-refractivity contribution in [2.24, 2.45) is 5.73 Å². The number of halogens is 1. The van der Waals surface area contributed by atoms with E-state index in [-0.39, 0.29) is 12.1 Å². The van der Waals surface area contributed by atoms with E-state index in [2.05, 4.69) is 6.26 Å². The van der Waals surface area contributed by atoms with Crippen molar-refractivity contribution in [1.29, 1.82) is 0 Å². The summed E-state index contributed by atoms with van der Waals surface area (Å²) in [4.78, 5) is 0. The summed E-state index contributed by atoms with van der Waals surface area (Å²) in [5, 5.41) is 0.723. The van der Waals surface area contributed by atoms with Crippen molar-refractivity contribution in [2.45, 2.75) is 25.0 Å². The minimum Gasteiger partial charge on any atom is -0.490 e. The second-order valence-electron chi connectivity index (χ2n) is 4.05. The van der Waals surface area contributed by atoms with Crippen LogP contribution in [0.2, 0.25) is 5.02 Å². The third kappa shape index (κ3) is 2.65. The van der Waals surface area contributed by atoms with Crippen molar-refractivity contribution >= 4 is 23.4 Å². The lowest BCUT2D eigenvalue weighted by Crippen LogP contribution is -2.29. The molecule has 0 spiro atoms. The second kappa shape index (κ2) is 5.30. The van der Waals surface area contributed by atoms with Gasteiger partial charge in [0.15, 0.2) is 0 Å². The van der Waals surface area contributed by atoms with Gasteiger partial charge in [-0.1, -0.05) is 11.6 Å². The quantitative estimate of drug-likeness (QED) is 0.903. The molecule has 0 bridgehead atoms. The van der Waals surface area contributed by atoms with Crippen molar-refractivity contribution < 1.29 is 4.74 Å². The Labute approximate surface area is 105 Å². The lowest BCUT2D eigenvalue weighted by molar-refractivity contribution is 0.156. The number of hydrogen-bond donors (Lipinski definition) is 1. The Balaban J connectivity index is 2.13. The number of nitrogens with two attached hydrogens (primary N) is 1. The maximum Gasteiger partial charge on any atom is 0.124 e. The van der Waals surface area contributed by atoms with Crippen LogP contribution in [0.3, 0.4) is 0 Å². The van der Waals surface area contributed by atoms with Crippen molar-refractivity contribution in [3.63, 3.8) is 0 Å². The Bertz CT molecular complexity index is 372. The molecule has 2 nitrogen and oxygen atoms in total. The largest absolute Gasteiger partial charge is 0.490 e. The van der Waals surface area contributed by atoms with Crippen LogP contribution in [0, 0.1) is 0 Å². The first-order valence-electron chi connectivity index (χ1n) is 5.41. The SMILES string of the molecule is CSCCC1C[C@@H](N)c2cc(Cl)ccc2O1. The third-order valence-electron chi connectivity index (χ3n) is 2.83. The molecular formula is C12H16ClNOS. The predicted molar refractivity (Wildman–Crippen MR) is 70.4 cm³/mol.